The van der Waals surface area contributed by atoms with Gasteiger partial charge in [-0.2, -0.15) is 0 Å². The second-order valence-corrected chi connectivity index (χ2v) is 10.2. The van der Waals surface area contributed by atoms with Gasteiger partial charge in [0.2, 0.25) is 0 Å². The standard InChI is InChI=1S/C22H24N4O2S2/c23-17-13-10-11-6-4-5-8-14(11)25-21(13)30-18(17)20(28)26-22-16(19(24)27)12-7-2-1-3-9-15(12)29-22/h10H,1-9,23H2,(H2,24,27)(H,26,28). The van der Waals surface area contributed by atoms with Crippen molar-refractivity contribution < 1.29 is 9.59 Å². The predicted octanol–water partition coefficient (Wildman–Crippen LogP) is 4.44. The Hall–Kier alpha value is -2.45. The van der Waals surface area contributed by atoms with E-state index in [0.29, 0.717) is 21.1 Å². The number of pyridine rings is 1. The van der Waals surface area contributed by atoms with Crippen LogP contribution in [0.4, 0.5) is 10.7 Å². The van der Waals surface area contributed by atoms with Gasteiger partial charge in [0.1, 0.15) is 14.7 Å². The van der Waals surface area contributed by atoms with Gasteiger partial charge < -0.3 is 16.8 Å². The maximum atomic E-state index is 13.1. The molecular weight excluding hydrogens is 416 g/mol. The van der Waals surface area contributed by atoms with Crippen LogP contribution >= 0.6 is 22.7 Å². The highest BCUT2D eigenvalue weighted by molar-refractivity contribution is 7.21. The number of nitrogens with zero attached hydrogens (tertiary/aromatic N) is 1. The number of aryl methyl sites for hydroxylation is 3. The van der Waals surface area contributed by atoms with Crippen molar-refractivity contribution in [1.82, 2.24) is 4.98 Å². The monoisotopic (exact) mass is 440 g/mol. The van der Waals surface area contributed by atoms with E-state index in [9.17, 15) is 9.59 Å². The molecule has 0 unspecified atom stereocenters. The molecule has 0 radical (unpaired) electrons. The van der Waals surface area contributed by atoms with E-state index in [2.05, 4.69) is 11.4 Å². The second kappa shape index (κ2) is 7.67. The first-order chi connectivity index (χ1) is 14.5. The molecule has 0 saturated heterocycles. The first kappa shape index (κ1) is 19.5. The molecule has 0 atom stereocenters. The lowest BCUT2D eigenvalue weighted by atomic mass is 9.95. The Morgan fingerprint density at radius 2 is 1.77 bits per heavy atom. The lowest BCUT2D eigenvalue weighted by molar-refractivity contribution is 0.100. The summed E-state index contributed by atoms with van der Waals surface area (Å²) in [7, 11) is 0. The van der Waals surface area contributed by atoms with Gasteiger partial charge in [-0.1, -0.05) is 6.42 Å². The quantitative estimate of drug-likeness (QED) is 0.523. The van der Waals surface area contributed by atoms with Gasteiger partial charge in [-0.15, -0.1) is 22.7 Å². The first-order valence-corrected chi connectivity index (χ1v) is 12.1. The van der Waals surface area contributed by atoms with Crippen molar-refractivity contribution >= 4 is 55.4 Å². The Morgan fingerprint density at radius 1 is 1.00 bits per heavy atom. The van der Waals surface area contributed by atoms with Crippen molar-refractivity contribution in [3.63, 3.8) is 0 Å². The summed E-state index contributed by atoms with van der Waals surface area (Å²) >= 11 is 2.79. The molecule has 156 valence electrons. The summed E-state index contributed by atoms with van der Waals surface area (Å²) in [6, 6.07) is 2.10. The van der Waals surface area contributed by atoms with Crippen LogP contribution in [0.15, 0.2) is 6.07 Å². The normalized spacial score (nSPS) is 16.0. The highest BCUT2D eigenvalue weighted by Gasteiger charge is 2.26. The number of amides is 2. The number of thiophene rings is 2. The van der Waals surface area contributed by atoms with Crippen LogP contribution in [-0.4, -0.2) is 16.8 Å². The summed E-state index contributed by atoms with van der Waals surface area (Å²) in [5.74, 6) is -0.782. The van der Waals surface area contributed by atoms with Crippen LogP contribution in [-0.2, 0) is 25.7 Å². The number of nitrogens with two attached hydrogens (primary N) is 2. The Bertz CT molecular complexity index is 1180. The van der Waals surface area contributed by atoms with Gasteiger partial charge in [0.25, 0.3) is 11.8 Å². The largest absolute Gasteiger partial charge is 0.397 e. The molecule has 6 nitrogen and oxygen atoms in total. The summed E-state index contributed by atoms with van der Waals surface area (Å²) < 4.78 is 0. The van der Waals surface area contributed by atoms with Gasteiger partial charge in [0.05, 0.1) is 11.3 Å². The molecule has 0 aliphatic heterocycles. The first-order valence-electron chi connectivity index (χ1n) is 10.5. The zero-order valence-corrected chi connectivity index (χ0v) is 18.3. The minimum Gasteiger partial charge on any atom is -0.397 e. The molecule has 3 aromatic rings. The molecule has 3 heterocycles. The molecule has 0 spiro atoms. The number of hydrogen-bond acceptors (Lipinski definition) is 6. The van der Waals surface area contributed by atoms with E-state index in [4.69, 9.17) is 16.5 Å². The fourth-order valence-electron chi connectivity index (χ4n) is 4.58. The van der Waals surface area contributed by atoms with Crippen molar-refractivity contribution in [3.8, 4) is 0 Å². The van der Waals surface area contributed by atoms with Crippen LogP contribution < -0.4 is 16.8 Å². The van der Waals surface area contributed by atoms with Crippen molar-refractivity contribution in [2.75, 3.05) is 11.1 Å². The lowest BCUT2D eigenvalue weighted by Crippen LogP contribution is -2.18. The molecule has 30 heavy (non-hydrogen) atoms. The van der Waals surface area contributed by atoms with Gasteiger partial charge in [0.15, 0.2) is 0 Å². The molecule has 0 fully saturated rings. The zero-order chi connectivity index (χ0) is 20.8. The molecule has 2 aliphatic rings. The lowest BCUT2D eigenvalue weighted by Gasteiger charge is -2.14. The van der Waals surface area contributed by atoms with Crippen LogP contribution in [0.3, 0.4) is 0 Å². The number of hydrogen-bond donors (Lipinski definition) is 3. The number of primary amides is 1. The fraction of sp³-hybridized carbons (Fsp3) is 0.409. The van der Waals surface area contributed by atoms with E-state index in [-0.39, 0.29) is 5.91 Å². The minimum absolute atomic E-state index is 0.299. The highest BCUT2D eigenvalue weighted by Crippen LogP contribution is 2.39. The third-order valence-electron chi connectivity index (χ3n) is 6.10. The van der Waals surface area contributed by atoms with Crippen molar-refractivity contribution in [1.29, 1.82) is 0 Å². The minimum atomic E-state index is -0.483. The zero-order valence-electron chi connectivity index (χ0n) is 16.7. The smallest absolute Gasteiger partial charge is 0.268 e. The second-order valence-electron chi connectivity index (χ2n) is 8.09. The third kappa shape index (κ3) is 3.28. The Labute approximate surface area is 182 Å². The van der Waals surface area contributed by atoms with E-state index in [1.54, 1.807) is 0 Å². The van der Waals surface area contributed by atoms with Gasteiger partial charge in [0, 0.05) is 16.0 Å². The fourth-order valence-corrected chi connectivity index (χ4v) is 6.86. The molecule has 5 rings (SSSR count). The summed E-state index contributed by atoms with van der Waals surface area (Å²) in [5.41, 5.74) is 16.4. The van der Waals surface area contributed by atoms with E-state index < -0.39 is 5.91 Å². The van der Waals surface area contributed by atoms with E-state index in [1.165, 1.54) is 28.2 Å². The molecule has 2 amide bonds. The number of fused-ring (bicyclic) bond motifs is 3. The third-order valence-corrected chi connectivity index (χ3v) is 8.42. The molecule has 0 aromatic carbocycles. The van der Waals surface area contributed by atoms with E-state index in [1.807, 2.05) is 0 Å². The average molecular weight is 441 g/mol. The number of nitrogen functional groups attached to an aromatic ring is 1. The molecular formula is C22H24N4O2S2. The number of anilines is 2. The van der Waals surface area contributed by atoms with Crippen molar-refractivity contribution in [2.24, 2.45) is 5.73 Å². The summed E-state index contributed by atoms with van der Waals surface area (Å²) in [4.78, 5) is 32.5. The maximum Gasteiger partial charge on any atom is 0.268 e. The number of carbonyl (C=O) groups excluding carboxylic acids is 2. The summed E-state index contributed by atoms with van der Waals surface area (Å²) in [6.45, 7) is 0. The SMILES string of the molecule is NC(=O)c1c(NC(=O)c2sc3nc4c(cc3c2N)CCCC4)sc2c1CCCCC2. The van der Waals surface area contributed by atoms with Crippen LogP contribution in [0.2, 0.25) is 0 Å². The van der Waals surface area contributed by atoms with Gasteiger partial charge in [-0.3, -0.25) is 9.59 Å². The number of rotatable bonds is 3. The number of nitrogens with one attached hydrogen (secondary N) is 1. The van der Waals surface area contributed by atoms with Gasteiger partial charge in [-0.25, -0.2) is 4.98 Å². The Morgan fingerprint density at radius 3 is 2.60 bits per heavy atom. The van der Waals surface area contributed by atoms with E-state index in [0.717, 1.165) is 84.1 Å². The number of carbonyl (C=O) groups is 2. The van der Waals surface area contributed by atoms with Gasteiger partial charge in [-0.05, 0) is 68.6 Å². The van der Waals surface area contributed by atoms with Crippen LogP contribution in [0.1, 0.15) is 73.8 Å². The maximum absolute atomic E-state index is 13.1. The molecule has 2 aliphatic carbocycles. The topological polar surface area (TPSA) is 111 Å². The van der Waals surface area contributed by atoms with Crippen LogP contribution in [0, 0.1) is 0 Å². The molecule has 8 heteroatoms. The average Bonchev–Trinajstić information content (AvgIpc) is 3.13. The predicted molar refractivity (Wildman–Crippen MR) is 123 cm³/mol. The summed E-state index contributed by atoms with van der Waals surface area (Å²) in [6.07, 6.45) is 9.35. The van der Waals surface area contributed by atoms with Crippen LogP contribution in [0.25, 0.3) is 10.2 Å². The van der Waals surface area contributed by atoms with Crippen molar-refractivity contribution in [3.05, 3.63) is 38.2 Å². The molecule has 3 aromatic heterocycles. The van der Waals surface area contributed by atoms with Crippen molar-refractivity contribution in [2.45, 2.75) is 57.8 Å². The molecule has 5 N–H and O–H groups in total. The number of aromatic nitrogens is 1. The Balaban J connectivity index is 1.51. The van der Waals surface area contributed by atoms with Gasteiger partial charge >= 0.3 is 0 Å². The van der Waals surface area contributed by atoms with E-state index >= 15 is 0 Å². The molecule has 0 bridgehead atoms. The Kier molecular flexibility index (Phi) is 4.99. The summed E-state index contributed by atoms with van der Waals surface area (Å²) in [5, 5.41) is 4.33. The molecule has 0 saturated carbocycles. The highest BCUT2D eigenvalue weighted by atomic mass is 32.1. The van der Waals surface area contributed by atoms with Crippen LogP contribution in [0.5, 0.6) is 0 Å².